The predicted molar refractivity (Wildman–Crippen MR) is 49.1 cm³/mol. The minimum Gasteiger partial charge on any atom is -0.398 e. The van der Waals surface area contributed by atoms with E-state index in [1.165, 1.54) is 0 Å². The molecule has 0 aromatic heterocycles. The molecule has 0 saturated heterocycles. The molecule has 0 aromatic rings. The van der Waals surface area contributed by atoms with Crippen molar-refractivity contribution in [2.45, 2.75) is 0 Å². The summed E-state index contributed by atoms with van der Waals surface area (Å²) in [5.74, 6) is 0. The van der Waals surface area contributed by atoms with Gasteiger partial charge >= 0.3 is 0 Å². The summed E-state index contributed by atoms with van der Waals surface area (Å²) < 4.78 is 29.8. The van der Waals surface area contributed by atoms with Gasteiger partial charge in [-0.1, -0.05) is 6.58 Å². The second kappa shape index (κ2) is 4.03. The van der Waals surface area contributed by atoms with Crippen molar-refractivity contribution in [3.05, 3.63) is 45.6 Å². The third-order valence-corrected chi connectivity index (χ3v) is 2.06. The SMILES string of the molecule is C=C(N)/C(=C\C(=C)[N+](=O)[O-])S(=O)(=O)O. The van der Waals surface area contributed by atoms with Gasteiger partial charge in [-0.25, -0.2) is 0 Å². The fourth-order valence-corrected chi connectivity index (χ4v) is 1.15. The monoisotopic (exact) mass is 220 g/mol. The first-order chi connectivity index (χ1) is 6.16. The average molecular weight is 220 g/mol. The van der Waals surface area contributed by atoms with E-state index in [0.29, 0.717) is 6.08 Å². The van der Waals surface area contributed by atoms with Crippen LogP contribution in [-0.2, 0) is 10.1 Å². The van der Waals surface area contributed by atoms with Crippen molar-refractivity contribution in [3.8, 4) is 0 Å². The lowest BCUT2D eigenvalue weighted by Gasteiger charge is -2.00. The van der Waals surface area contributed by atoms with Crippen LogP contribution >= 0.6 is 0 Å². The van der Waals surface area contributed by atoms with Gasteiger partial charge < -0.3 is 5.73 Å². The lowest BCUT2D eigenvalue weighted by molar-refractivity contribution is -0.418. The maximum Gasteiger partial charge on any atom is 0.296 e. The molecule has 0 aliphatic rings. The van der Waals surface area contributed by atoms with E-state index in [0.717, 1.165) is 0 Å². The zero-order valence-corrected chi connectivity index (χ0v) is 7.82. The largest absolute Gasteiger partial charge is 0.398 e. The van der Waals surface area contributed by atoms with E-state index in [-0.39, 0.29) is 0 Å². The Bertz CT molecular complexity index is 420. The summed E-state index contributed by atoms with van der Waals surface area (Å²) in [7, 11) is -4.62. The molecule has 3 N–H and O–H groups in total. The van der Waals surface area contributed by atoms with Crippen LogP contribution in [0.25, 0.3) is 0 Å². The number of nitrogens with two attached hydrogens (primary N) is 1. The van der Waals surface area contributed by atoms with Gasteiger partial charge in [-0.3, -0.25) is 14.7 Å². The fraction of sp³-hybridized carbons (Fsp3) is 0. The van der Waals surface area contributed by atoms with Crippen molar-refractivity contribution in [1.82, 2.24) is 0 Å². The standard InChI is InChI=1S/C6H8N2O5S/c1-4(8(9)10)3-6(5(2)7)14(11,12)13/h3H,1-2,7H2,(H,11,12,13)/b6-3+. The van der Waals surface area contributed by atoms with Crippen molar-refractivity contribution in [2.75, 3.05) is 0 Å². The number of nitrogens with zero attached hydrogens (tertiary/aromatic N) is 1. The summed E-state index contributed by atoms with van der Waals surface area (Å²) in [4.78, 5) is 8.34. The Kier molecular flexibility index (Phi) is 3.55. The molecular weight excluding hydrogens is 212 g/mol. The minimum absolute atomic E-state index is 0.504. The van der Waals surface area contributed by atoms with Gasteiger partial charge in [0.25, 0.3) is 15.8 Å². The van der Waals surface area contributed by atoms with Gasteiger partial charge in [0.1, 0.15) is 4.91 Å². The quantitative estimate of drug-likeness (QED) is 0.298. The highest BCUT2D eigenvalue weighted by molar-refractivity contribution is 7.90. The molecule has 0 fully saturated rings. The first-order valence-corrected chi connectivity index (χ1v) is 4.57. The molecule has 0 spiro atoms. The van der Waals surface area contributed by atoms with Crippen LogP contribution in [0.3, 0.4) is 0 Å². The molecule has 0 saturated carbocycles. The van der Waals surface area contributed by atoms with E-state index in [4.69, 9.17) is 10.3 Å². The third kappa shape index (κ3) is 3.37. The highest BCUT2D eigenvalue weighted by Gasteiger charge is 2.18. The van der Waals surface area contributed by atoms with Crippen LogP contribution in [0.4, 0.5) is 0 Å². The molecule has 0 rings (SSSR count). The maximum atomic E-state index is 10.6. The number of hydrogen-bond donors (Lipinski definition) is 2. The van der Waals surface area contributed by atoms with Crippen molar-refractivity contribution >= 4 is 10.1 Å². The first-order valence-electron chi connectivity index (χ1n) is 3.13. The molecule has 0 aliphatic heterocycles. The van der Waals surface area contributed by atoms with Crippen molar-refractivity contribution < 1.29 is 17.9 Å². The van der Waals surface area contributed by atoms with Gasteiger partial charge in [0.2, 0.25) is 0 Å². The van der Waals surface area contributed by atoms with E-state index < -0.39 is 31.3 Å². The Hall–Kier alpha value is -1.67. The normalized spacial score (nSPS) is 12.2. The van der Waals surface area contributed by atoms with E-state index >= 15 is 0 Å². The maximum absolute atomic E-state index is 10.6. The molecule has 0 amide bonds. The molecule has 0 heterocycles. The van der Waals surface area contributed by atoms with Gasteiger partial charge in [-0.15, -0.1) is 0 Å². The second-order valence-corrected chi connectivity index (χ2v) is 3.65. The third-order valence-electron chi connectivity index (χ3n) is 1.13. The van der Waals surface area contributed by atoms with Crippen LogP contribution in [0.2, 0.25) is 0 Å². The van der Waals surface area contributed by atoms with Crippen LogP contribution in [0.5, 0.6) is 0 Å². The highest BCUT2D eigenvalue weighted by atomic mass is 32.2. The van der Waals surface area contributed by atoms with Crippen molar-refractivity contribution in [1.29, 1.82) is 0 Å². The molecule has 0 atom stereocenters. The Balaban J connectivity index is 5.37. The van der Waals surface area contributed by atoms with Crippen molar-refractivity contribution in [3.63, 3.8) is 0 Å². The van der Waals surface area contributed by atoms with E-state index in [9.17, 15) is 18.5 Å². The van der Waals surface area contributed by atoms with E-state index in [1.54, 1.807) is 0 Å². The smallest absolute Gasteiger partial charge is 0.296 e. The predicted octanol–water partition coefficient (Wildman–Crippen LogP) is 0.0209. The van der Waals surface area contributed by atoms with Crippen LogP contribution in [0.15, 0.2) is 35.5 Å². The van der Waals surface area contributed by atoms with Crippen molar-refractivity contribution in [2.24, 2.45) is 5.73 Å². The molecule has 7 nitrogen and oxygen atoms in total. The van der Waals surface area contributed by atoms with E-state index in [1.807, 2.05) is 0 Å². The molecule has 0 bridgehead atoms. The summed E-state index contributed by atoms with van der Waals surface area (Å²) in [5.41, 5.74) is 3.78. The summed E-state index contributed by atoms with van der Waals surface area (Å²) in [6.45, 7) is 5.98. The van der Waals surface area contributed by atoms with Gasteiger partial charge in [-0.2, -0.15) is 8.42 Å². The van der Waals surface area contributed by atoms with Crippen LogP contribution in [0, 0.1) is 10.1 Å². The Morgan fingerprint density at radius 3 is 2.14 bits per heavy atom. The molecule has 0 aliphatic carbocycles. The summed E-state index contributed by atoms with van der Waals surface area (Å²) in [5, 5.41) is 10.1. The fourth-order valence-electron chi connectivity index (χ4n) is 0.537. The molecule has 14 heavy (non-hydrogen) atoms. The number of rotatable bonds is 4. The zero-order chi connectivity index (χ0) is 11.5. The Morgan fingerprint density at radius 2 is 1.93 bits per heavy atom. The molecule has 0 aromatic carbocycles. The first kappa shape index (κ1) is 12.3. The lowest BCUT2D eigenvalue weighted by Crippen LogP contribution is -2.11. The van der Waals surface area contributed by atoms with Gasteiger partial charge in [-0.05, 0) is 6.58 Å². The van der Waals surface area contributed by atoms with Crippen LogP contribution in [-0.4, -0.2) is 17.9 Å². The number of allylic oxidation sites excluding steroid dienone is 1. The van der Waals surface area contributed by atoms with Crippen LogP contribution in [0.1, 0.15) is 0 Å². The van der Waals surface area contributed by atoms with Crippen LogP contribution < -0.4 is 5.73 Å². The number of hydrogen-bond acceptors (Lipinski definition) is 5. The zero-order valence-electron chi connectivity index (χ0n) is 7.00. The number of nitro groups is 1. The minimum atomic E-state index is -4.62. The molecule has 0 radical (unpaired) electrons. The Labute approximate surface area is 80.1 Å². The summed E-state index contributed by atoms with van der Waals surface area (Å²) in [6.07, 6.45) is 0.525. The van der Waals surface area contributed by atoms with Gasteiger partial charge in [0.15, 0.2) is 0 Å². The average Bonchev–Trinajstić information content (AvgIpc) is 1.96. The lowest BCUT2D eigenvalue weighted by atomic mass is 10.4. The second-order valence-electron chi connectivity index (χ2n) is 2.26. The van der Waals surface area contributed by atoms with E-state index in [2.05, 4.69) is 13.2 Å². The van der Waals surface area contributed by atoms with Gasteiger partial charge in [0, 0.05) is 11.8 Å². The summed E-state index contributed by atoms with van der Waals surface area (Å²) in [6, 6.07) is 0. The topological polar surface area (TPSA) is 124 Å². The molecule has 78 valence electrons. The Morgan fingerprint density at radius 1 is 1.50 bits per heavy atom. The molecular formula is C6H8N2O5S. The molecule has 8 heteroatoms. The van der Waals surface area contributed by atoms with Gasteiger partial charge in [0.05, 0.1) is 4.92 Å². The summed E-state index contributed by atoms with van der Waals surface area (Å²) >= 11 is 0. The molecule has 0 unspecified atom stereocenters. The highest BCUT2D eigenvalue weighted by Crippen LogP contribution is 2.12.